The number of likely N-dealkylation sites (tertiary alicyclic amines) is 1. The lowest BCUT2D eigenvalue weighted by atomic mass is 9.93. The van der Waals surface area contributed by atoms with Gasteiger partial charge in [0.15, 0.2) is 5.82 Å². The van der Waals surface area contributed by atoms with E-state index < -0.39 is 6.09 Å². The molecule has 0 unspecified atom stereocenters. The Morgan fingerprint density at radius 3 is 2.64 bits per heavy atom. The Morgan fingerprint density at radius 2 is 2.04 bits per heavy atom. The van der Waals surface area contributed by atoms with E-state index in [1.807, 2.05) is 20.8 Å². The quantitative estimate of drug-likeness (QED) is 0.691. The lowest BCUT2D eigenvalue weighted by Gasteiger charge is -2.30. The number of aromatic amines is 1. The fourth-order valence-electron chi connectivity index (χ4n) is 3.46. The number of hydrogen-bond donors (Lipinski definition) is 2. The normalized spacial score (nSPS) is 16.0. The van der Waals surface area contributed by atoms with Crippen LogP contribution in [0, 0.1) is 0 Å². The van der Waals surface area contributed by atoms with Crippen LogP contribution in [0.15, 0.2) is 21.6 Å². The van der Waals surface area contributed by atoms with E-state index in [4.69, 9.17) is 9.63 Å². The van der Waals surface area contributed by atoms with Gasteiger partial charge in [-0.05, 0) is 12.8 Å². The summed E-state index contributed by atoms with van der Waals surface area (Å²) >= 11 is 0. The highest BCUT2D eigenvalue weighted by Crippen LogP contribution is 2.30. The number of H-pyrrole nitrogens is 1. The predicted molar refractivity (Wildman–Crippen MR) is 99.4 cm³/mol. The molecule has 10 heteroatoms. The van der Waals surface area contributed by atoms with Gasteiger partial charge in [0.05, 0.1) is 11.9 Å². The lowest BCUT2D eigenvalue weighted by molar-refractivity contribution is 0.131. The molecule has 0 radical (unpaired) electrons. The second-order valence-electron chi connectivity index (χ2n) is 8.09. The van der Waals surface area contributed by atoms with Gasteiger partial charge in [-0.2, -0.15) is 10.1 Å². The molecule has 0 atom stereocenters. The predicted octanol–water partition coefficient (Wildman–Crippen LogP) is 2.23. The van der Waals surface area contributed by atoms with Crippen molar-refractivity contribution in [1.29, 1.82) is 0 Å². The first-order valence-corrected chi connectivity index (χ1v) is 9.17. The number of fused-ring (bicyclic) bond motifs is 1. The maximum Gasteiger partial charge on any atom is 0.407 e. The number of aromatic nitrogens is 5. The molecule has 1 aliphatic rings. The molecule has 0 bridgehead atoms. The van der Waals surface area contributed by atoms with E-state index in [0.29, 0.717) is 48.9 Å². The van der Waals surface area contributed by atoms with Crippen molar-refractivity contribution in [2.45, 2.75) is 44.9 Å². The molecule has 28 heavy (non-hydrogen) atoms. The summed E-state index contributed by atoms with van der Waals surface area (Å²) in [4.78, 5) is 32.1. The molecule has 1 fully saturated rings. The molecule has 148 valence electrons. The summed E-state index contributed by atoms with van der Waals surface area (Å²) in [5.41, 5.74) is 1.30. The second kappa shape index (κ2) is 6.47. The number of carboxylic acid groups (broad SMARTS) is 1. The van der Waals surface area contributed by atoms with Crippen molar-refractivity contribution >= 4 is 11.7 Å². The van der Waals surface area contributed by atoms with Crippen molar-refractivity contribution in [2.75, 3.05) is 13.1 Å². The fourth-order valence-corrected chi connectivity index (χ4v) is 3.46. The maximum atomic E-state index is 12.3. The molecule has 4 heterocycles. The molecule has 0 saturated carbocycles. The van der Waals surface area contributed by atoms with E-state index in [1.165, 1.54) is 11.0 Å². The van der Waals surface area contributed by atoms with E-state index in [0.717, 1.165) is 5.69 Å². The van der Waals surface area contributed by atoms with Gasteiger partial charge in [-0.15, -0.1) is 0 Å². The molecule has 1 amide bonds. The SMILES string of the molecule is CC(C)(C)c1noc(-c2cnn3c(C4CCN(C(=O)O)CC4)cc(=O)[nH]c23)n1. The minimum Gasteiger partial charge on any atom is -0.465 e. The molecular weight excluding hydrogens is 364 g/mol. The number of rotatable bonds is 2. The molecule has 10 nitrogen and oxygen atoms in total. The van der Waals surface area contributed by atoms with Crippen molar-refractivity contribution in [1.82, 2.24) is 29.6 Å². The molecule has 1 aliphatic heterocycles. The average Bonchev–Trinajstić information content (AvgIpc) is 3.27. The molecule has 4 rings (SSSR count). The topological polar surface area (TPSA) is 130 Å². The molecule has 0 spiro atoms. The van der Waals surface area contributed by atoms with Crippen LogP contribution in [0.3, 0.4) is 0 Å². The van der Waals surface area contributed by atoms with Crippen molar-refractivity contribution in [3.8, 4) is 11.5 Å². The third-order valence-corrected chi connectivity index (χ3v) is 5.05. The Balaban J connectivity index is 1.73. The summed E-state index contributed by atoms with van der Waals surface area (Å²) in [5.74, 6) is 0.913. The number of carbonyl (C=O) groups is 1. The van der Waals surface area contributed by atoms with Crippen molar-refractivity contribution in [2.24, 2.45) is 0 Å². The molecule has 2 N–H and O–H groups in total. The highest BCUT2D eigenvalue weighted by atomic mass is 16.5. The molecule has 1 saturated heterocycles. The molecule has 3 aromatic rings. The summed E-state index contributed by atoms with van der Waals surface area (Å²) in [7, 11) is 0. The largest absolute Gasteiger partial charge is 0.465 e. The van der Waals surface area contributed by atoms with E-state index in [1.54, 1.807) is 10.7 Å². The summed E-state index contributed by atoms with van der Waals surface area (Å²) in [6, 6.07) is 1.53. The Hall–Kier alpha value is -3.17. The van der Waals surface area contributed by atoms with E-state index in [2.05, 4.69) is 20.2 Å². The highest BCUT2D eigenvalue weighted by Gasteiger charge is 2.27. The number of hydrogen-bond acceptors (Lipinski definition) is 6. The minimum atomic E-state index is -0.915. The van der Waals surface area contributed by atoms with Gasteiger partial charge in [-0.3, -0.25) is 4.79 Å². The third kappa shape index (κ3) is 3.14. The lowest BCUT2D eigenvalue weighted by Crippen LogP contribution is -2.37. The second-order valence-corrected chi connectivity index (χ2v) is 8.09. The van der Waals surface area contributed by atoms with Gasteiger partial charge in [0.25, 0.3) is 11.4 Å². The number of nitrogens with one attached hydrogen (secondary N) is 1. The maximum absolute atomic E-state index is 12.3. The Labute approximate surface area is 160 Å². The van der Waals surface area contributed by atoms with Crippen LogP contribution in [-0.2, 0) is 5.41 Å². The van der Waals surface area contributed by atoms with Crippen LogP contribution in [0.4, 0.5) is 4.79 Å². The first-order valence-electron chi connectivity index (χ1n) is 9.17. The van der Waals surface area contributed by atoms with Crippen LogP contribution < -0.4 is 5.56 Å². The molecule has 0 aromatic carbocycles. The van der Waals surface area contributed by atoms with Gasteiger partial charge in [0.2, 0.25) is 0 Å². The Kier molecular flexibility index (Phi) is 4.20. The van der Waals surface area contributed by atoms with Crippen molar-refractivity contribution in [3.05, 3.63) is 34.1 Å². The van der Waals surface area contributed by atoms with E-state index >= 15 is 0 Å². The number of nitrogens with zero attached hydrogens (tertiary/aromatic N) is 5. The van der Waals surface area contributed by atoms with Gasteiger partial charge < -0.3 is 19.5 Å². The van der Waals surface area contributed by atoms with Crippen LogP contribution in [0.2, 0.25) is 0 Å². The van der Waals surface area contributed by atoms with Crippen LogP contribution in [0.1, 0.15) is 51.0 Å². The first kappa shape index (κ1) is 18.2. The van der Waals surface area contributed by atoms with Gasteiger partial charge in [0.1, 0.15) is 11.2 Å². The van der Waals surface area contributed by atoms with Gasteiger partial charge in [-0.25, -0.2) is 9.31 Å². The first-order chi connectivity index (χ1) is 13.2. The fraction of sp³-hybridized carbons (Fsp3) is 0.500. The van der Waals surface area contributed by atoms with Crippen molar-refractivity contribution < 1.29 is 14.4 Å². The van der Waals surface area contributed by atoms with E-state index in [-0.39, 0.29) is 16.9 Å². The van der Waals surface area contributed by atoms with Gasteiger partial charge in [-0.1, -0.05) is 25.9 Å². The third-order valence-electron chi connectivity index (χ3n) is 5.05. The Bertz CT molecular complexity index is 1080. The van der Waals surface area contributed by atoms with Crippen LogP contribution >= 0.6 is 0 Å². The zero-order chi connectivity index (χ0) is 20.1. The zero-order valence-electron chi connectivity index (χ0n) is 16.0. The number of amides is 1. The number of piperidine rings is 1. The van der Waals surface area contributed by atoms with Crippen LogP contribution in [0.25, 0.3) is 17.1 Å². The molecular formula is C18H22N6O4. The van der Waals surface area contributed by atoms with E-state index in [9.17, 15) is 9.59 Å². The van der Waals surface area contributed by atoms with Crippen molar-refractivity contribution in [3.63, 3.8) is 0 Å². The smallest absolute Gasteiger partial charge is 0.407 e. The van der Waals surface area contributed by atoms with Gasteiger partial charge >= 0.3 is 6.09 Å². The monoisotopic (exact) mass is 386 g/mol. The molecule has 0 aliphatic carbocycles. The minimum absolute atomic E-state index is 0.0426. The summed E-state index contributed by atoms with van der Waals surface area (Å²) in [6.07, 6.45) is 1.95. The highest BCUT2D eigenvalue weighted by molar-refractivity contribution is 5.71. The van der Waals surface area contributed by atoms with Crippen LogP contribution in [-0.4, -0.2) is 53.9 Å². The zero-order valence-corrected chi connectivity index (χ0v) is 16.0. The summed E-state index contributed by atoms with van der Waals surface area (Å²) < 4.78 is 7.08. The van der Waals surface area contributed by atoms with Crippen LogP contribution in [0.5, 0.6) is 0 Å². The Morgan fingerprint density at radius 1 is 1.32 bits per heavy atom. The van der Waals surface area contributed by atoms with Gasteiger partial charge in [0, 0.05) is 30.5 Å². The summed E-state index contributed by atoms with van der Waals surface area (Å²) in [6.45, 7) is 6.83. The average molecular weight is 386 g/mol. The molecule has 3 aromatic heterocycles. The summed E-state index contributed by atoms with van der Waals surface area (Å²) in [5, 5.41) is 17.6. The standard InChI is InChI=1S/C18H22N6O4/c1-18(2,3)16-21-15(28-22-16)11-9-19-24-12(8-13(25)20-14(11)24)10-4-6-23(7-5-10)17(26)27/h8-10H,4-7H2,1-3H3,(H,20,25)(H,26,27).